The molecule has 2 atom stereocenters. The molecule has 20 heavy (non-hydrogen) atoms. The molecule has 4 nitrogen and oxygen atoms in total. The van der Waals surface area contributed by atoms with Crippen molar-refractivity contribution in [3.63, 3.8) is 0 Å². The van der Waals surface area contributed by atoms with Gasteiger partial charge in [0.05, 0.1) is 29.8 Å². The van der Waals surface area contributed by atoms with Gasteiger partial charge in [0.2, 0.25) is 0 Å². The van der Waals surface area contributed by atoms with Crippen molar-refractivity contribution in [1.82, 2.24) is 9.88 Å². The van der Waals surface area contributed by atoms with Gasteiger partial charge in [0.25, 0.3) is 5.56 Å². The summed E-state index contributed by atoms with van der Waals surface area (Å²) < 4.78 is 20.5. The van der Waals surface area contributed by atoms with Crippen LogP contribution in [0.25, 0.3) is 0 Å². The maximum absolute atomic E-state index is 15.4. The number of alkyl halides is 1. The fraction of sp³-hybridized carbons (Fsp3) is 0.643. The number of nitrogens with one attached hydrogen (secondary N) is 1. The molecule has 0 unspecified atom stereocenters. The molecular weight excluding hydrogens is 283 g/mol. The molecule has 3 heterocycles. The first-order chi connectivity index (χ1) is 9.50. The molecule has 0 aliphatic carbocycles. The van der Waals surface area contributed by atoms with Crippen molar-refractivity contribution in [2.75, 3.05) is 26.3 Å². The molecule has 2 aliphatic rings. The van der Waals surface area contributed by atoms with Crippen LogP contribution in [0.15, 0.2) is 17.1 Å². The summed E-state index contributed by atoms with van der Waals surface area (Å²) in [6, 6.07) is 1.86. The minimum atomic E-state index is -1.61. The van der Waals surface area contributed by atoms with Crippen LogP contribution in [0.2, 0.25) is 5.02 Å². The molecule has 2 aliphatic heterocycles. The van der Waals surface area contributed by atoms with E-state index in [1.807, 2.05) is 6.92 Å². The van der Waals surface area contributed by atoms with Crippen molar-refractivity contribution in [2.45, 2.75) is 25.1 Å². The van der Waals surface area contributed by atoms with Gasteiger partial charge in [-0.3, -0.25) is 9.69 Å². The first-order valence-corrected chi connectivity index (χ1v) is 7.28. The first-order valence-electron chi connectivity index (χ1n) is 6.90. The van der Waals surface area contributed by atoms with Gasteiger partial charge in [0.1, 0.15) is 5.67 Å². The quantitative estimate of drug-likeness (QED) is 0.908. The van der Waals surface area contributed by atoms with E-state index < -0.39 is 5.67 Å². The number of rotatable bonds is 2. The lowest BCUT2D eigenvalue weighted by Crippen LogP contribution is -2.57. The molecule has 2 fully saturated rings. The van der Waals surface area contributed by atoms with E-state index in [0.29, 0.717) is 30.6 Å². The summed E-state index contributed by atoms with van der Waals surface area (Å²) in [5, 5.41) is 0.360. The van der Waals surface area contributed by atoms with Gasteiger partial charge in [-0.05, 0) is 12.5 Å². The lowest BCUT2D eigenvalue weighted by atomic mass is 9.78. The molecule has 1 N–H and O–H groups in total. The van der Waals surface area contributed by atoms with Crippen LogP contribution in [0.4, 0.5) is 4.39 Å². The van der Waals surface area contributed by atoms with Crippen molar-refractivity contribution in [1.29, 1.82) is 0 Å². The predicted octanol–water partition coefficient (Wildman–Crippen LogP) is 1.93. The maximum Gasteiger partial charge on any atom is 0.254 e. The van der Waals surface area contributed by atoms with E-state index in [1.165, 1.54) is 12.3 Å². The van der Waals surface area contributed by atoms with Crippen LogP contribution in [0.5, 0.6) is 0 Å². The Balaban J connectivity index is 1.85. The summed E-state index contributed by atoms with van der Waals surface area (Å²) >= 11 is 5.89. The second kappa shape index (κ2) is 5.13. The number of aromatic amines is 1. The van der Waals surface area contributed by atoms with Gasteiger partial charge in [-0.2, -0.15) is 0 Å². The number of hydrogen-bond donors (Lipinski definition) is 1. The largest absolute Gasteiger partial charge is 0.378 e. The van der Waals surface area contributed by atoms with Gasteiger partial charge in [-0.25, -0.2) is 4.39 Å². The van der Waals surface area contributed by atoms with Gasteiger partial charge in [0.15, 0.2) is 0 Å². The SMILES string of the molecule is C[C@H]1CN(C2COC2)CC[C@]1(F)c1cc(Cl)c[nH]c1=O. The Morgan fingerprint density at radius 1 is 1.55 bits per heavy atom. The van der Waals surface area contributed by atoms with Crippen molar-refractivity contribution in [3.05, 3.63) is 33.2 Å². The Labute approximate surface area is 121 Å². The van der Waals surface area contributed by atoms with E-state index in [-0.39, 0.29) is 17.0 Å². The summed E-state index contributed by atoms with van der Waals surface area (Å²) in [7, 11) is 0. The Hall–Kier alpha value is -0.910. The highest BCUT2D eigenvalue weighted by Crippen LogP contribution is 2.41. The number of halogens is 2. The molecule has 0 radical (unpaired) electrons. The van der Waals surface area contributed by atoms with E-state index in [0.717, 1.165) is 13.2 Å². The van der Waals surface area contributed by atoms with Crippen molar-refractivity contribution in [3.8, 4) is 0 Å². The lowest BCUT2D eigenvalue weighted by Gasteiger charge is -2.46. The summed E-state index contributed by atoms with van der Waals surface area (Å²) in [6.45, 7) is 4.58. The summed E-state index contributed by atoms with van der Waals surface area (Å²) in [5.74, 6) is -0.253. The number of hydrogen-bond acceptors (Lipinski definition) is 3. The van der Waals surface area contributed by atoms with Gasteiger partial charge < -0.3 is 9.72 Å². The molecule has 110 valence electrons. The van der Waals surface area contributed by atoms with Crippen molar-refractivity contribution < 1.29 is 9.13 Å². The topological polar surface area (TPSA) is 45.3 Å². The predicted molar refractivity (Wildman–Crippen MR) is 74.8 cm³/mol. The molecule has 0 spiro atoms. The zero-order valence-corrected chi connectivity index (χ0v) is 12.1. The minimum Gasteiger partial charge on any atom is -0.378 e. The Morgan fingerprint density at radius 2 is 2.30 bits per heavy atom. The van der Waals surface area contributed by atoms with E-state index in [4.69, 9.17) is 16.3 Å². The second-order valence-electron chi connectivity index (χ2n) is 5.76. The van der Waals surface area contributed by atoms with E-state index in [1.54, 1.807) is 0 Å². The zero-order chi connectivity index (χ0) is 14.3. The minimum absolute atomic E-state index is 0.155. The third-order valence-electron chi connectivity index (χ3n) is 4.50. The molecular formula is C14H18ClFN2O2. The Bertz CT molecular complexity index is 560. The third kappa shape index (κ3) is 2.28. The summed E-state index contributed by atoms with van der Waals surface area (Å²) in [4.78, 5) is 16.7. The van der Waals surface area contributed by atoms with Crippen LogP contribution >= 0.6 is 11.6 Å². The molecule has 1 aromatic heterocycles. The Morgan fingerprint density at radius 3 is 2.90 bits per heavy atom. The van der Waals surface area contributed by atoms with Crippen LogP contribution in [0.3, 0.4) is 0 Å². The number of aromatic nitrogens is 1. The second-order valence-corrected chi connectivity index (χ2v) is 6.20. The number of nitrogens with zero attached hydrogens (tertiary/aromatic N) is 1. The van der Waals surface area contributed by atoms with Crippen LogP contribution in [-0.2, 0) is 10.4 Å². The third-order valence-corrected chi connectivity index (χ3v) is 4.72. The summed E-state index contributed by atoms with van der Waals surface area (Å²) in [5.41, 5.74) is -1.84. The smallest absolute Gasteiger partial charge is 0.254 e. The van der Waals surface area contributed by atoms with E-state index in [9.17, 15) is 4.79 Å². The molecule has 0 bridgehead atoms. The van der Waals surface area contributed by atoms with E-state index >= 15 is 4.39 Å². The van der Waals surface area contributed by atoms with Crippen LogP contribution in [0.1, 0.15) is 18.9 Å². The fourth-order valence-corrected chi connectivity index (χ4v) is 3.24. The Kier molecular flexibility index (Phi) is 3.60. The average molecular weight is 301 g/mol. The van der Waals surface area contributed by atoms with Crippen molar-refractivity contribution >= 4 is 11.6 Å². The number of H-pyrrole nitrogens is 1. The molecule has 0 saturated carbocycles. The van der Waals surface area contributed by atoms with Crippen LogP contribution in [-0.4, -0.2) is 42.2 Å². The number of piperidine rings is 1. The van der Waals surface area contributed by atoms with Gasteiger partial charge >= 0.3 is 0 Å². The number of pyridine rings is 1. The van der Waals surface area contributed by atoms with Gasteiger partial charge in [0, 0.05) is 25.2 Å². The molecule has 0 aromatic carbocycles. The summed E-state index contributed by atoms with van der Waals surface area (Å²) in [6.07, 6.45) is 1.70. The molecule has 6 heteroatoms. The average Bonchev–Trinajstić information content (AvgIpc) is 2.35. The molecule has 3 rings (SSSR count). The van der Waals surface area contributed by atoms with Crippen molar-refractivity contribution in [2.24, 2.45) is 5.92 Å². The van der Waals surface area contributed by atoms with E-state index in [2.05, 4.69) is 9.88 Å². The standard InChI is InChI=1S/C14H18ClFN2O2/c1-9-6-18(11-7-20-8-11)3-2-14(9,16)12-4-10(15)5-17-13(12)19/h4-5,9,11H,2-3,6-8H2,1H3,(H,17,19)/t9-,14+/m0/s1. The number of ether oxygens (including phenoxy) is 1. The van der Waals surface area contributed by atoms with Crippen LogP contribution < -0.4 is 5.56 Å². The van der Waals surface area contributed by atoms with Gasteiger partial charge in [-0.1, -0.05) is 18.5 Å². The molecule has 1 aromatic rings. The van der Waals surface area contributed by atoms with Crippen LogP contribution in [0, 0.1) is 5.92 Å². The normalized spacial score (nSPS) is 32.0. The number of likely N-dealkylation sites (tertiary alicyclic amines) is 1. The first kappa shape index (κ1) is 14.0. The monoisotopic (exact) mass is 300 g/mol. The maximum atomic E-state index is 15.4. The molecule has 0 amide bonds. The zero-order valence-electron chi connectivity index (χ0n) is 11.4. The highest BCUT2D eigenvalue weighted by Gasteiger charge is 2.46. The highest BCUT2D eigenvalue weighted by atomic mass is 35.5. The fourth-order valence-electron chi connectivity index (χ4n) is 3.07. The highest BCUT2D eigenvalue weighted by molar-refractivity contribution is 6.30. The van der Waals surface area contributed by atoms with Gasteiger partial charge in [-0.15, -0.1) is 0 Å². The lowest BCUT2D eigenvalue weighted by molar-refractivity contribution is -0.101. The molecule has 2 saturated heterocycles.